The lowest BCUT2D eigenvalue weighted by molar-refractivity contribution is -0.301. The second-order valence-corrected chi connectivity index (χ2v) is 8.39. The number of thioether (sulfide) groups is 1. The first-order valence-corrected chi connectivity index (χ1v) is 10.5. The van der Waals surface area contributed by atoms with Crippen LogP contribution in [0, 0.1) is 5.92 Å². The van der Waals surface area contributed by atoms with Gasteiger partial charge in [0, 0.05) is 17.6 Å². The van der Waals surface area contributed by atoms with Gasteiger partial charge in [-0.25, -0.2) is 0 Å². The molecular weight excluding hydrogens is 364 g/mol. The Balaban J connectivity index is 1.56. The minimum atomic E-state index is -1.13. The van der Waals surface area contributed by atoms with Crippen molar-refractivity contribution < 1.29 is 14.3 Å². The number of carbonyl (C=O) groups is 1. The van der Waals surface area contributed by atoms with E-state index in [1.54, 1.807) is 10.9 Å². The SMILES string of the molecule is C[C@@H]1C[C@H]1c1ccc(/C=N\n2c(SCC(=O)[O-])nnc2C2CCCCC2)o1. The normalized spacial score (nSPS) is 23.1. The highest BCUT2D eigenvalue weighted by Gasteiger charge is 2.36. The summed E-state index contributed by atoms with van der Waals surface area (Å²) in [6.07, 6.45) is 8.54. The fraction of sp³-hybridized carbons (Fsp3) is 0.579. The molecule has 2 heterocycles. The van der Waals surface area contributed by atoms with Gasteiger partial charge < -0.3 is 14.3 Å². The van der Waals surface area contributed by atoms with Crippen molar-refractivity contribution in [2.45, 2.75) is 62.4 Å². The zero-order valence-electron chi connectivity index (χ0n) is 15.3. The molecule has 0 bridgehead atoms. The molecule has 0 spiro atoms. The first-order valence-electron chi connectivity index (χ1n) is 9.54. The first-order chi connectivity index (χ1) is 13.1. The fourth-order valence-corrected chi connectivity index (χ4v) is 4.29. The molecule has 2 aliphatic rings. The molecular formula is C19H23N4O3S-. The molecule has 2 atom stereocenters. The zero-order chi connectivity index (χ0) is 18.8. The van der Waals surface area contributed by atoms with Crippen LogP contribution in [0.15, 0.2) is 26.8 Å². The molecule has 144 valence electrons. The van der Waals surface area contributed by atoms with Gasteiger partial charge in [0.25, 0.3) is 0 Å². The van der Waals surface area contributed by atoms with E-state index >= 15 is 0 Å². The summed E-state index contributed by atoms with van der Waals surface area (Å²) in [5.41, 5.74) is 0. The van der Waals surface area contributed by atoms with E-state index in [0.717, 1.165) is 36.2 Å². The third-order valence-electron chi connectivity index (χ3n) is 5.35. The molecule has 0 N–H and O–H groups in total. The standard InChI is InChI=1S/C19H24N4O3S/c1-12-9-15(12)16-8-7-14(26-16)10-20-23-18(13-5-3-2-4-6-13)21-22-19(23)27-11-17(24)25/h7-8,10,12-13,15H,2-6,9,11H2,1H3,(H,24,25)/p-1/b20-10-/t12-,15-/m1/s1. The Morgan fingerprint density at radius 3 is 2.85 bits per heavy atom. The highest BCUT2D eigenvalue weighted by molar-refractivity contribution is 7.99. The molecule has 0 radical (unpaired) electrons. The maximum absolute atomic E-state index is 10.8. The van der Waals surface area contributed by atoms with E-state index in [0.29, 0.717) is 28.7 Å². The molecule has 4 rings (SSSR count). The lowest BCUT2D eigenvalue weighted by Gasteiger charge is -2.20. The van der Waals surface area contributed by atoms with Gasteiger partial charge in [0.15, 0.2) is 5.82 Å². The summed E-state index contributed by atoms with van der Waals surface area (Å²) in [5, 5.41) is 24.3. The average Bonchev–Trinajstić information content (AvgIpc) is 3.08. The number of carboxylic acids is 1. The topological polar surface area (TPSA) is 96.3 Å². The summed E-state index contributed by atoms with van der Waals surface area (Å²) in [7, 11) is 0. The predicted molar refractivity (Wildman–Crippen MR) is 99.8 cm³/mol. The van der Waals surface area contributed by atoms with Crippen molar-refractivity contribution in [3.63, 3.8) is 0 Å². The summed E-state index contributed by atoms with van der Waals surface area (Å²) < 4.78 is 7.56. The number of nitrogens with zero attached hydrogens (tertiary/aromatic N) is 4. The minimum Gasteiger partial charge on any atom is -0.549 e. The number of furan rings is 1. The van der Waals surface area contributed by atoms with Gasteiger partial charge in [-0.15, -0.1) is 10.2 Å². The third-order valence-corrected chi connectivity index (χ3v) is 6.24. The zero-order valence-corrected chi connectivity index (χ0v) is 16.2. The van der Waals surface area contributed by atoms with Gasteiger partial charge in [0.2, 0.25) is 5.16 Å². The van der Waals surface area contributed by atoms with Crippen LogP contribution in [0.5, 0.6) is 0 Å². The number of hydrogen-bond acceptors (Lipinski definition) is 7. The number of rotatable bonds is 7. The molecule has 27 heavy (non-hydrogen) atoms. The van der Waals surface area contributed by atoms with Crippen LogP contribution in [-0.4, -0.2) is 32.8 Å². The predicted octanol–water partition coefficient (Wildman–Crippen LogP) is 2.77. The molecule has 0 aliphatic heterocycles. The number of carboxylic acid groups (broad SMARTS) is 1. The number of aromatic nitrogens is 3. The van der Waals surface area contributed by atoms with Crippen LogP contribution in [0.1, 0.15) is 74.6 Å². The molecule has 0 amide bonds. The summed E-state index contributed by atoms with van der Waals surface area (Å²) in [4.78, 5) is 10.8. The van der Waals surface area contributed by atoms with Crippen LogP contribution in [0.25, 0.3) is 0 Å². The maximum atomic E-state index is 10.8. The molecule has 2 aliphatic carbocycles. The van der Waals surface area contributed by atoms with E-state index in [1.165, 1.54) is 25.7 Å². The van der Waals surface area contributed by atoms with Gasteiger partial charge in [-0.2, -0.15) is 9.78 Å². The largest absolute Gasteiger partial charge is 0.549 e. The summed E-state index contributed by atoms with van der Waals surface area (Å²) in [5.74, 6) is 2.69. The third kappa shape index (κ3) is 4.26. The van der Waals surface area contributed by atoms with Crippen molar-refractivity contribution in [1.82, 2.24) is 14.9 Å². The summed E-state index contributed by atoms with van der Waals surface area (Å²) >= 11 is 1.08. The van der Waals surface area contributed by atoms with Gasteiger partial charge in [-0.1, -0.05) is 37.9 Å². The van der Waals surface area contributed by atoms with E-state index < -0.39 is 5.97 Å². The van der Waals surface area contributed by atoms with Crippen molar-refractivity contribution >= 4 is 23.9 Å². The van der Waals surface area contributed by atoms with Crippen LogP contribution in [0.2, 0.25) is 0 Å². The number of hydrogen-bond donors (Lipinski definition) is 0. The monoisotopic (exact) mass is 387 g/mol. The lowest BCUT2D eigenvalue weighted by atomic mass is 9.89. The highest BCUT2D eigenvalue weighted by atomic mass is 32.2. The molecule has 0 aromatic carbocycles. The number of carbonyl (C=O) groups excluding carboxylic acids is 1. The van der Waals surface area contributed by atoms with Gasteiger partial charge in [-0.05, 0) is 37.3 Å². The van der Waals surface area contributed by atoms with E-state index in [1.807, 2.05) is 12.1 Å². The lowest BCUT2D eigenvalue weighted by Crippen LogP contribution is -2.24. The second kappa shape index (κ2) is 7.88. The van der Waals surface area contributed by atoms with Crippen molar-refractivity contribution in [2.24, 2.45) is 11.0 Å². The molecule has 0 unspecified atom stereocenters. The second-order valence-electron chi connectivity index (χ2n) is 7.45. The van der Waals surface area contributed by atoms with Crippen molar-refractivity contribution in [3.05, 3.63) is 29.5 Å². The molecule has 0 saturated heterocycles. The van der Waals surface area contributed by atoms with E-state index in [4.69, 9.17) is 4.42 Å². The Morgan fingerprint density at radius 1 is 1.37 bits per heavy atom. The molecule has 2 fully saturated rings. The van der Waals surface area contributed by atoms with Crippen LogP contribution < -0.4 is 5.11 Å². The van der Waals surface area contributed by atoms with Crippen molar-refractivity contribution in [2.75, 3.05) is 5.75 Å². The Morgan fingerprint density at radius 2 is 2.15 bits per heavy atom. The molecule has 2 aromatic heterocycles. The Bertz CT molecular complexity index is 838. The van der Waals surface area contributed by atoms with Gasteiger partial charge in [0.1, 0.15) is 11.5 Å². The Labute approximate surface area is 162 Å². The summed E-state index contributed by atoms with van der Waals surface area (Å²) in [6.45, 7) is 2.22. The fourth-order valence-electron chi connectivity index (χ4n) is 3.68. The van der Waals surface area contributed by atoms with Crippen LogP contribution >= 0.6 is 11.8 Å². The maximum Gasteiger partial charge on any atom is 0.212 e. The Hall–Kier alpha value is -2.09. The summed E-state index contributed by atoms with van der Waals surface area (Å²) in [6, 6.07) is 3.93. The van der Waals surface area contributed by atoms with E-state index in [2.05, 4.69) is 22.2 Å². The minimum absolute atomic E-state index is 0.178. The van der Waals surface area contributed by atoms with E-state index in [-0.39, 0.29) is 5.75 Å². The van der Waals surface area contributed by atoms with Gasteiger partial charge in [-0.3, -0.25) is 0 Å². The smallest absolute Gasteiger partial charge is 0.212 e. The molecule has 8 heteroatoms. The highest BCUT2D eigenvalue weighted by Crippen LogP contribution is 2.47. The quantitative estimate of drug-likeness (QED) is 0.535. The molecule has 2 saturated carbocycles. The van der Waals surface area contributed by atoms with Crippen molar-refractivity contribution in [3.8, 4) is 0 Å². The first kappa shape index (κ1) is 18.3. The van der Waals surface area contributed by atoms with Crippen LogP contribution in [0.4, 0.5) is 0 Å². The van der Waals surface area contributed by atoms with Crippen molar-refractivity contribution in [1.29, 1.82) is 0 Å². The Kier molecular flexibility index (Phi) is 5.33. The van der Waals surface area contributed by atoms with E-state index in [9.17, 15) is 9.90 Å². The molecule has 7 nitrogen and oxygen atoms in total. The van der Waals surface area contributed by atoms with Crippen LogP contribution in [0.3, 0.4) is 0 Å². The average molecular weight is 387 g/mol. The molecule has 2 aromatic rings. The van der Waals surface area contributed by atoms with Gasteiger partial charge in [0.05, 0.1) is 12.2 Å². The number of aliphatic carboxylic acids is 1. The van der Waals surface area contributed by atoms with Crippen LogP contribution in [-0.2, 0) is 4.79 Å². The van der Waals surface area contributed by atoms with Gasteiger partial charge >= 0.3 is 0 Å².